The van der Waals surface area contributed by atoms with E-state index in [2.05, 4.69) is 25.3 Å². The number of imidazole rings is 1. The Morgan fingerprint density at radius 2 is 2.00 bits per heavy atom. The average Bonchev–Trinajstić information content (AvgIpc) is 3.07. The van der Waals surface area contributed by atoms with E-state index in [0.717, 1.165) is 54.4 Å². The molecule has 4 rings (SSSR count). The van der Waals surface area contributed by atoms with Crippen LogP contribution in [-0.2, 0) is 0 Å². The zero-order valence-electron chi connectivity index (χ0n) is 16.4. The van der Waals surface area contributed by atoms with Gasteiger partial charge in [-0.05, 0) is 38.0 Å². The Morgan fingerprint density at radius 3 is 2.75 bits per heavy atom. The predicted octanol–water partition coefficient (Wildman–Crippen LogP) is 2.44. The molecule has 3 aromatic rings. The quantitative estimate of drug-likeness (QED) is 0.724. The molecule has 0 spiro atoms. The van der Waals surface area contributed by atoms with Gasteiger partial charge < -0.3 is 20.1 Å². The number of anilines is 2. The molecule has 0 aliphatic carbocycles. The third-order valence-electron chi connectivity index (χ3n) is 5.09. The van der Waals surface area contributed by atoms with Gasteiger partial charge in [0, 0.05) is 44.9 Å². The van der Waals surface area contributed by atoms with Crippen molar-refractivity contribution in [2.24, 2.45) is 0 Å². The van der Waals surface area contributed by atoms with Crippen LogP contribution < -0.4 is 10.2 Å². The van der Waals surface area contributed by atoms with E-state index in [-0.39, 0.29) is 5.91 Å². The van der Waals surface area contributed by atoms with Crippen LogP contribution in [0, 0.1) is 6.92 Å². The third kappa shape index (κ3) is 3.76. The summed E-state index contributed by atoms with van der Waals surface area (Å²) in [5, 5.41) is 3.47. The van der Waals surface area contributed by atoms with Crippen LogP contribution in [0.4, 0.5) is 11.6 Å². The number of benzene rings is 1. The predicted molar refractivity (Wildman–Crippen MR) is 110 cm³/mol. The SMILES string of the molecule is Cc1nc2ccc(C(=O)N3CCC(Nc4cc(N(C)C)ncn4)CC3)cc2[nH]1. The van der Waals surface area contributed by atoms with Gasteiger partial charge in [0.2, 0.25) is 0 Å². The summed E-state index contributed by atoms with van der Waals surface area (Å²) in [6, 6.07) is 7.90. The molecule has 1 saturated heterocycles. The van der Waals surface area contributed by atoms with E-state index in [0.29, 0.717) is 11.6 Å². The van der Waals surface area contributed by atoms with Crippen LogP contribution in [0.1, 0.15) is 29.0 Å². The van der Waals surface area contributed by atoms with Crippen LogP contribution in [0.5, 0.6) is 0 Å². The van der Waals surface area contributed by atoms with Gasteiger partial charge in [-0.25, -0.2) is 15.0 Å². The monoisotopic (exact) mass is 379 g/mol. The zero-order chi connectivity index (χ0) is 19.7. The van der Waals surface area contributed by atoms with Crippen molar-refractivity contribution in [1.29, 1.82) is 0 Å². The summed E-state index contributed by atoms with van der Waals surface area (Å²) in [5.41, 5.74) is 2.49. The topological polar surface area (TPSA) is 90.0 Å². The lowest BCUT2D eigenvalue weighted by Crippen LogP contribution is -2.42. The lowest BCUT2D eigenvalue weighted by Gasteiger charge is -2.32. The number of amides is 1. The molecule has 1 aromatic carbocycles. The highest BCUT2D eigenvalue weighted by atomic mass is 16.2. The molecular formula is C20H25N7O. The lowest BCUT2D eigenvalue weighted by molar-refractivity contribution is 0.0718. The van der Waals surface area contributed by atoms with E-state index >= 15 is 0 Å². The zero-order valence-corrected chi connectivity index (χ0v) is 16.4. The first-order valence-corrected chi connectivity index (χ1v) is 9.51. The average molecular weight is 379 g/mol. The second-order valence-electron chi connectivity index (χ2n) is 7.42. The van der Waals surface area contributed by atoms with Gasteiger partial charge in [0.15, 0.2) is 0 Å². The molecule has 1 aliphatic heterocycles. The minimum Gasteiger partial charge on any atom is -0.367 e. The Bertz CT molecular complexity index is 989. The number of rotatable bonds is 4. The van der Waals surface area contributed by atoms with Gasteiger partial charge in [0.05, 0.1) is 11.0 Å². The van der Waals surface area contributed by atoms with Gasteiger partial charge in [-0.2, -0.15) is 0 Å². The van der Waals surface area contributed by atoms with Crippen molar-refractivity contribution in [2.45, 2.75) is 25.8 Å². The highest BCUT2D eigenvalue weighted by Gasteiger charge is 2.24. The fraction of sp³-hybridized carbons (Fsp3) is 0.400. The highest BCUT2D eigenvalue weighted by Crippen LogP contribution is 2.20. The number of aromatic amines is 1. The number of likely N-dealkylation sites (tertiary alicyclic amines) is 1. The van der Waals surface area contributed by atoms with E-state index in [4.69, 9.17) is 0 Å². The number of fused-ring (bicyclic) bond motifs is 1. The number of carbonyl (C=O) groups is 1. The molecule has 0 unspecified atom stereocenters. The Kier molecular flexibility index (Phi) is 4.85. The first-order valence-electron chi connectivity index (χ1n) is 9.51. The summed E-state index contributed by atoms with van der Waals surface area (Å²) in [6.07, 6.45) is 3.35. The number of nitrogens with zero attached hydrogens (tertiary/aromatic N) is 5. The van der Waals surface area contributed by atoms with E-state index in [1.54, 1.807) is 6.33 Å². The summed E-state index contributed by atoms with van der Waals surface area (Å²) in [6.45, 7) is 3.36. The van der Waals surface area contributed by atoms with Crippen molar-refractivity contribution < 1.29 is 4.79 Å². The van der Waals surface area contributed by atoms with Crippen LogP contribution >= 0.6 is 0 Å². The van der Waals surface area contributed by atoms with Gasteiger partial charge >= 0.3 is 0 Å². The number of aryl methyl sites for hydroxylation is 1. The summed E-state index contributed by atoms with van der Waals surface area (Å²) >= 11 is 0. The largest absolute Gasteiger partial charge is 0.367 e. The number of nitrogens with one attached hydrogen (secondary N) is 2. The van der Waals surface area contributed by atoms with Gasteiger partial charge in [-0.15, -0.1) is 0 Å². The molecule has 8 nitrogen and oxygen atoms in total. The van der Waals surface area contributed by atoms with Crippen molar-refractivity contribution in [3.8, 4) is 0 Å². The van der Waals surface area contributed by atoms with Crippen LogP contribution in [0.15, 0.2) is 30.6 Å². The molecule has 2 N–H and O–H groups in total. The molecule has 146 valence electrons. The van der Waals surface area contributed by atoms with Crippen molar-refractivity contribution in [1.82, 2.24) is 24.8 Å². The molecule has 0 atom stereocenters. The molecule has 1 aliphatic rings. The van der Waals surface area contributed by atoms with Gasteiger partial charge in [-0.1, -0.05) is 0 Å². The number of hydrogen-bond acceptors (Lipinski definition) is 6. The minimum absolute atomic E-state index is 0.0736. The Labute approximate surface area is 164 Å². The van der Waals surface area contributed by atoms with Crippen LogP contribution in [0.25, 0.3) is 11.0 Å². The molecular weight excluding hydrogens is 354 g/mol. The summed E-state index contributed by atoms with van der Waals surface area (Å²) in [5.74, 6) is 2.62. The van der Waals surface area contributed by atoms with E-state index < -0.39 is 0 Å². The van der Waals surface area contributed by atoms with Crippen molar-refractivity contribution in [3.63, 3.8) is 0 Å². The van der Waals surface area contributed by atoms with Crippen molar-refractivity contribution in [2.75, 3.05) is 37.4 Å². The molecule has 0 radical (unpaired) electrons. The highest BCUT2D eigenvalue weighted by molar-refractivity contribution is 5.97. The van der Waals surface area contributed by atoms with Gasteiger partial charge in [-0.3, -0.25) is 4.79 Å². The maximum Gasteiger partial charge on any atom is 0.253 e. The molecule has 1 amide bonds. The summed E-state index contributed by atoms with van der Waals surface area (Å²) in [7, 11) is 3.91. The maximum atomic E-state index is 12.9. The molecule has 0 bridgehead atoms. The number of carbonyl (C=O) groups excluding carboxylic acids is 1. The van der Waals surface area contributed by atoms with Gasteiger partial charge in [0.1, 0.15) is 23.8 Å². The summed E-state index contributed by atoms with van der Waals surface area (Å²) < 4.78 is 0. The van der Waals surface area contributed by atoms with Crippen LogP contribution in [0.3, 0.4) is 0 Å². The smallest absolute Gasteiger partial charge is 0.253 e. The molecule has 2 aromatic heterocycles. The Hall–Kier alpha value is -3.16. The second kappa shape index (κ2) is 7.46. The molecule has 1 fully saturated rings. The Balaban J connectivity index is 1.37. The second-order valence-corrected chi connectivity index (χ2v) is 7.42. The number of H-pyrrole nitrogens is 1. The molecule has 0 saturated carbocycles. The summed E-state index contributed by atoms with van der Waals surface area (Å²) in [4.78, 5) is 32.9. The molecule has 3 heterocycles. The minimum atomic E-state index is 0.0736. The fourth-order valence-corrected chi connectivity index (χ4v) is 3.56. The number of piperidine rings is 1. The molecule has 28 heavy (non-hydrogen) atoms. The Morgan fingerprint density at radius 1 is 1.21 bits per heavy atom. The number of aromatic nitrogens is 4. The van der Waals surface area contributed by atoms with Crippen molar-refractivity contribution in [3.05, 3.63) is 42.0 Å². The fourth-order valence-electron chi connectivity index (χ4n) is 3.56. The normalized spacial score (nSPS) is 15.0. The first-order chi connectivity index (χ1) is 13.5. The molecule has 8 heteroatoms. The van der Waals surface area contributed by atoms with E-state index in [9.17, 15) is 4.79 Å². The van der Waals surface area contributed by atoms with Crippen LogP contribution in [-0.4, -0.2) is 64.0 Å². The van der Waals surface area contributed by atoms with Crippen LogP contribution in [0.2, 0.25) is 0 Å². The van der Waals surface area contributed by atoms with Gasteiger partial charge in [0.25, 0.3) is 5.91 Å². The van der Waals surface area contributed by atoms with Crippen molar-refractivity contribution >= 4 is 28.6 Å². The van der Waals surface area contributed by atoms with E-state index in [1.165, 1.54) is 0 Å². The lowest BCUT2D eigenvalue weighted by atomic mass is 10.0. The standard InChI is InChI=1S/C20H25N7O/c1-13-23-16-5-4-14(10-17(16)24-13)20(28)27-8-6-15(7-9-27)25-18-11-19(26(2)3)22-12-21-18/h4-5,10-12,15H,6-9H2,1-3H3,(H,23,24)(H,21,22,25). The first kappa shape index (κ1) is 18.2. The maximum absolute atomic E-state index is 12.9. The number of hydrogen-bond donors (Lipinski definition) is 2. The third-order valence-corrected chi connectivity index (χ3v) is 5.09. The van der Waals surface area contributed by atoms with E-state index in [1.807, 2.05) is 55.1 Å².